The SMILES string of the molecule is O=C(CSc1nnc(-c2ccccc2F)n1C1CC1)c1ccc(O)c(O)c1. The monoisotopic (exact) mass is 385 g/mol. The number of ketones is 1. The van der Waals surface area contributed by atoms with Gasteiger partial charge in [0.2, 0.25) is 0 Å². The maximum Gasteiger partial charge on any atom is 0.192 e. The molecule has 1 aromatic heterocycles. The molecule has 27 heavy (non-hydrogen) atoms. The molecule has 0 bridgehead atoms. The van der Waals surface area contributed by atoms with Gasteiger partial charge in [-0.3, -0.25) is 9.36 Å². The number of carbonyl (C=O) groups is 1. The van der Waals surface area contributed by atoms with E-state index in [1.54, 1.807) is 18.2 Å². The van der Waals surface area contributed by atoms with Gasteiger partial charge in [0.15, 0.2) is 28.3 Å². The Morgan fingerprint density at radius 2 is 1.93 bits per heavy atom. The normalized spacial score (nSPS) is 13.7. The van der Waals surface area contributed by atoms with Crippen LogP contribution in [0.4, 0.5) is 4.39 Å². The quantitative estimate of drug-likeness (QED) is 0.381. The molecule has 0 atom stereocenters. The van der Waals surface area contributed by atoms with E-state index in [9.17, 15) is 19.4 Å². The number of thioether (sulfide) groups is 1. The van der Waals surface area contributed by atoms with Gasteiger partial charge in [0, 0.05) is 11.6 Å². The van der Waals surface area contributed by atoms with Crippen LogP contribution < -0.4 is 0 Å². The molecule has 138 valence electrons. The van der Waals surface area contributed by atoms with Gasteiger partial charge in [0.1, 0.15) is 5.82 Å². The summed E-state index contributed by atoms with van der Waals surface area (Å²) in [4.78, 5) is 12.4. The molecule has 2 aromatic carbocycles. The van der Waals surface area contributed by atoms with E-state index in [-0.39, 0.29) is 34.9 Å². The Morgan fingerprint density at radius 3 is 2.63 bits per heavy atom. The van der Waals surface area contributed by atoms with Crippen LogP contribution in [0.25, 0.3) is 11.4 Å². The van der Waals surface area contributed by atoms with Crippen LogP contribution in [0.5, 0.6) is 11.5 Å². The van der Waals surface area contributed by atoms with Gasteiger partial charge in [0.05, 0.1) is 11.3 Å². The first-order valence-electron chi connectivity index (χ1n) is 8.42. The number of aromatic hydroxyl groups is 2. The summed E-state index contributed by atoms with van der Waals surface area (Å²) in [5.41, 5.74) is 0.683. The first kappa shape index (κ1) is 17.5. The van der Waals surface area contributed by atoms with E-state index < -0.39 is 0 Å². The van der Waals surface area contributed by atoms with Crippen LogP contribution in [0, 0.1) is 5.82 Å². The number of phenols is 2. The Bertz CT molecular complexity index is 1020. The predicted molar refractivity (Wildman–Crippen MR) is 98.5 cm³/mol. The molecule has 0 amide bonds. The van der Waals surface area contributed by atoms with E-state index in [1.165, 1.54) is 36.0 Å². The van der Waals surface area contributed by atoms with Crippen molar-refractivity contribution in [2.75, 3.05) is 5.75 Å². The molecule has 2 N–H and O–H groups in total. The summed E-state index contributed by atoms with van der Waals surface area (Å²) in [7, 11) is 0. The zero-order valence-corrected chi connectivity index (χ0v) is 15.0. The van der Waals surface area contributed by atoms with Crippen molar-refractivity contribution in [1.29, 1.82) is 0 Å². The fourth-order valence-electron chi connectivity index (χ4n) is 2.77. The zero-order valence-electron chi connectivity index (χ0n) is 14.2. The molecule has 0 radical (unpaired) electrons. The van der Waals surface area contributed by atoms with Gasteiger partial charge in [-0.05, 0) is 43.2 Å². The molecular weight excluding hydrogens is 369 g/mol. The Kier molecular flexibility index (Phi) is 4.57. The molecule has 1 aliphatic rings. The summed E-state index contributed by atoms with van der Waals surface area (Å²) in [6.45, 7) is 0. The highest BCUT2D eigenvalue weighted by atomic mass is 32.2. The average Bonchev–Trinajstić information content (AvgIpc) is 3.42. The van der Waals surface area contributed by atoms with E-state index >= 15 is 0 Å². The van der Waals surface area contributed by atoms with Crippen molar-refractivity contribution in [1.82, 2.24) is 14.8 Å². The molecule has 0 unspecified atom stereocenters. The molecule has 0 saturated heterocycles. The van der Waals surface area contributed by atoms with Gasteiger partial charge in [-0.1, -0.05) is 23.9 Å². The average molecular weight is 385 g/mol. The summed E-state index contributed by atoms with van der Waals surface area (Å²) >= 11 is 1.22. The molecular formula is C19H16FN3O3S. The van der Waals surface area contributed by atoms with E-state index in [2.05, 4.69) is 10.2 Å². The van der Waals surface area contributed by atoms with Crippen LogP contribution in [-0.4, -0.2) is 36.5 Å². The largest absolute Gasteiger partial charge is 0.504 e. The highest BCUT2D eigenvalue weighted by molar-refractivity contribution is 7.99. The molecule has 0 aliphatic heterocycles. The number of hydrogen-bond acceptors (Lipinski definition) is 6. The minimum atomic E-state index is -0.362. The van der Waals surface area contributed by atoms with Crippen molar-refractivity contribution in [3.8, 4) is 22.9 Å². The maximum absolute atomic E-state index is 14.2. The molecule has 0 spiro atoms. The fraction of sp³-hybridized carbons (Fsp3) is 0.211. The number of rotatable bonds is 6. The Labute approximate surface area is 158 Å². The smallest absolute Gasteiger partial charge is 0.192 e. The third kappa shape index (κ3) is 3.52. The molecule has 1 fully saturated rings. The van der Waals surface area contributed by atoms with Gasteiger partial charge in [-0.2, -0.15) is 0 Å². The van der Waals surface area contributed by atoms with Crippen molar-refractivity contribution in [2.24, 2.45) is 0 Å². The Hall–Kier alpha value is -2.87. The van der Waals surface area contributed by atoms with Crippen molar-refractivity contribution >= 4 is 17.5 Å². The second-order valence-corrected chi connectivity index (χ2v) is 7.25. The lowest BCUT2D eigenvalue weighted by Crippen LogP contribution is -2.05. The van der Waals surface area contributed by atoms with Crippen LogP contribution in [0.15, 0.2) is 47.6 Å². The van der Waals surface area contributed by atoms with Crippen molar-refractivity contribution in [3.63, 3.8) is 0 Å². The first-order valence-corrected chi connectivity index (χ1v) is 9.41. The third-order valence-electron chi connectivity index (χ3n) is 4.32. The lowest BCUT2D eigenvalue weighted by molar-refractivity contribution is 0.102. The number of hydrogen-bond donors (Lipinski definition) is 2. The summed E-state index contributed by atoms with van der Waals surface area (Å²) in [5.74, 6) is -0.636. The second kappa shape index (κ2) is 7.03. The summed E-state index contributed by atoms with van der Waals surface area (Å²) < 4.78 is 16.1. The minimum Gasteiger partial charge on any atom is -0.504 e. The van der Waals surface area contributed by atoms with E-state index in [4.69, 9.17) is 0 Å². The maximum atomic E-state index is 14.2. The van der Waals surface area contributed by atoms with Gasteiger partial charge < -0.3 is 10.2 Å². The number of halogens is 1. The van der Waals surface area contributed by atoms with E-state index in [0.29, 0.717) is 22.1 Å². The molecule has 3 aromatic rings. The molecule has 4 rings (SSSR count). The van der Waals surface area contributed by atoms with Crippen LogP contribution >= 0.6 is 11.8 Å². The lowest BCUT2D eigenvalue weighted by atomic mass is 10.1. The Morgan fingerprint density at radius 1 is 1.15 bits per heavy atom. The number of carbonyl (C=O) groups excluding carboxylic acids is 1. The fourth-order valence-corrected chi connectivity index (χ4v) is 3.67. The molecule has 1 heterocycles. The van der Waals surface area contributed by atoms with Gasteiger partial charge >= 0.3 is 0 Å². The van der Waals surface area contributed by atoms with Crippen LogP contribution in [0.2, 0.25) is 0 Å². The number of nitrogens with zero attached hydrogens (tertiary/aromatic N) is 3. The summed E-state index contributed by atoms with van der Waals surface area (Å²) in [6.07, 6.45) is 1.93. The molecule has 1 aliphatic carbocycles. The van der Waals surface area contributed by atoms with Crippen LogP contribution in [0.3, 0.4) is 0 Å². The van der Waals surface area contributed by atoms with E-state index in [0.717, 1.165) is 12.8 Å². The molecule has 1 saturated carbocycles. The predicted octanol–water partition coefficient (Wildman–Crippen LogP) is 3.81. The lowest BCUT2D eigenvalue weighted by Gasteiger charge is -2.09. The summed E-state index contributed by atoms with van der Waals surface area (Å²) in [5, 5.41) is 27.8. The third-order valence-corrected chi connectivity index (χ3v) is 5.26. The highest BCUT2D eigenvalue weighted by Gasteiger charge is 2.31. The highest BCUT2D eigenvalue weighted by Crippen LogP contribution is 2.41. The molecule has 6 nitrogen and oxygen atoms in total. The van der Waals surface area contributed by atoms with Crippen LogP contribution in [0.1, 0.15) is 29.2 Å². The second-order valence-electron chi connectivity index (χ2n) is 6.30. The van der Waals surface area contributed by atoms with E-state index in [1.807, 2.05) is 4.57 Å². The van der Waals surface area contributed by atoms with Gasteiger partial charge in [-0.25, -0.2) is 4.39 Å². The van der Waals surface area contributed by atoms with Crippen molar-refractivity contribution < 1.29 is 19.4 Å². The number of phenolic OH excluding ortho intramolecular Hbond substituents is 2. The zero-order chi connectivity index (χ0) is 19.0. The van der Waals surface area contributed by atoms with Crippen molar-refractivity contribution in [2.45, 2.75) is 24.0 Å². The van der Waals surface area contributed by atoms with Gasteiger partial charge in [-0.15, -0.1) is 10.2 Å². The topological polar surface area (TPSA) is 88.2 Å². The van der Waals surface area contributed by atoms with Gasteiger partial charge in [0.25, 0.3) is 0 Å². The van der Waals surface area contributed by atoms with Crippen LogP contribution in [-0.2, 0) is 0 Å². The number of aromatic nitrogens is 3. The molecule has 8 heteroatoms. The number of benzene rings is 2. The Balaban J connectivity index is 1.57. The minimum absolute atomic E-state index is 0.0896. The standard InChI is InChI=1S/C19H16FN3O3S/c20-14-4-2-1-3-13(14)18-21-22-19(23(18)12-6-7-12)27-10-17(26)11-5-8-15(24)16(25)9-11/h1-5,8-9,12,24-25H,6-7,10H2. The first-order chi connectivity index (χ1) is 13.0. The summed E-state index contributed by atoms with van der Waals surface area (Å²) in [6, 6.07) is 10.6. The number of Topliss-reactive ketones (excluding diaryl/α,β-unsaturated/α-hetero) is 1. The van der Waals surface area contributed by atoms with Crippen molar-refractivity contribution in [3.05, 3.63) is 53.8 Å².